The molecule has 0 fully saturated rings. The third-order valence-electron chi connectivity index (χ3n) is 5.02. The molecule has 0 spiro atoms. The summed E-state index contributed by atoms with van der Waals surface area (Å²) in [6.45, 7) is 5.55. The van der Waals surface area contributed by atoms with E-state index < -0.39 is 0 Å². The molecule has 0 unspecified atom stereocenters. The van der Waals surface area contributed by atoms with Gasteiger partial charge in [0.05, 0.1) is 13.2 Å². The van der Waals surface area contributed by atoms with Crippen LogP contribution in [-0.2, 0) is 13.2 Å². The van der Waals surface area contributed by atoms with Crippen molar-refractivity contribution in [1.82, 2.24) is 14.9 Å². The van der Waals surface area contributed by atoms with Crippen LogP contribution in [0, 0.1) is 11.7 Å². The Balaban J connectivity index is 1.54. The number of aromatic nitrogens is 3. The molecule has 0 radical (unpaired) electrons. The number of halogens is 1. The van der Waals surface area contributed by atoms with Crippen LogP contribution in [0.5, 0.6) is 11.5 Å². The first-order valence-corrected chi connectivity index (χ1v) is 11.9. The highest BCUT2D eigenvalue weighted by Gasteiger charge is 2.13. The maximum absolute atomic E-state index is 6.10. The summed E-state index contributed by atoms with van der Waals surface area (Å²) < 4.78 is 15.2. The second kappa shape index (κ2) is 10.7. The van der Waals surface area contributed by atoms with Gasteiger partial charge in [0.15, 0.2) is 17.3 Å². The maximum atomic E-state index is 6.10. The van der Waals surface area contributed by atoms with Gasteiger partial charge in [-0.15, -0.1) is 0 Å². The van der Waals surface area contributed by atoms with Crippen molar-refractivity contribution in [3.63, 3.8) is 0 Å². The molecule has 4 aromatic rings. The molecule has 1 aromatic heterocycles. The molecule has 3 aromatic carbocycles. The lowest BCUT2D eigenvalue weighted by atomic mass is 10.1. The molecule has 4 rings (SSSR count). The molecule has 0 saturated carbocycles. The Hall–Kier alpha value is -3.10. The Kier molecular flexibility index (Phi) is 7.47. The molecule has 0 atom stereocenters. The number of rotatable bonds is 9. The molecular formula is C25H25BrN4O2S. The molecule has 6 nitrogen and oxygen atoms in total. The Bertz CT molecular complexity index is 1290. The van der Waals surface area contributed by atoms with Crippen LogP contribution in [0.2, 0.25) is 0 Å². The third-order valence-corrected chi connectivity index (χ3v) is 6.03. The number of benzene rings is 3. The van der Waals surface area contributed by atoms with Gasteiger partial charge in [-0.2, -0.15) is 5.10 Å². The van der Waals surface area contributed by atoms with Gasteiger partial charge in [-0.3, -0.25) is 0 Å². The molecule has 8 heteroatoms. The van der Waals surface area contributed by atoms with Crippen LogP contribution in [-0.4, -0.2) is 21.5 Å². The molecular weight excluding hydrogens is 500 g/mol. The van der Waals surface area contributed by atoms with Crippen molar-refractivity contribution in [3.8, 4) is 22.9 Å². The summed E-state index contributed by atoms with van der Waals surface area (Å²) in [5.74, 6) is 2.11. The minimum atomic E-state index is 0.469. The van der Waals surface area contributed by atoms with Gasteiger partial charge >= 0.3 is 0 Å². The van der Waals surface area contributed by atoms with Crippen molar-refractivity contribution in [3.05, 3.63) is 92.7 Å². The van der Waals surface area contributed by atoms with Crippen LogP contribution in [0.1, 0.15) is 23.6 Å². The molecule has 2 N–H and O–H groups in total. The van der Waals surface area contributed by atoms with Gasteiger partial charge < -0.3 is 14.9 Å². The number of hydrogen-bond donors (Lipinski definition) is 2. The van der Waals surface area contributed by atoms with E-state index in [0.717, 1.165) is 27.0 Å². The predicted molar refractivity (Wildman–Crippen MR) is 137 cm³/mol. The van der Waals surface area contributed by atoms with Crippen LogP contribution >= 0.6 is 28.1 Å². The first kappa shape index (κ1) is 23.1. The number of H-pyrrole nitrogens is 1. The smallest absolute Gasteiger partial charge is 0.214 e. The Morgan fingerprint density at radius 3 is 2.58 bits per heavy atom. The number of aryl methyl sites for hydroxylation is 1. The van der Waals surface area contributed by atoms with Crippen LogP contribution in [0.25, 0.3) is 11.4 Å². The highest BCUT2D eigenvalue weighted by Crippen LogP contribution is 2.34. The van der Waals surface area contributed by atoms with Crippen molar-refractivity contribution in [2.24, 2.45) is 0 Å². The van der Waals surface area contributed by atoms with Gasteiger partial charge in [-0.1, -0.05) is 76.1 Å². The summed E-state index contributed by atoms with van der Waals surface area (Å²) in [6.07, 6.45) is 0. The van der Waals surface area contributed by atoms with Gasteiger partial charge in [0, 0.05) is 10.0 Å². The number of nitrogens with one attached hydrogen (secondary N) is 2. The zero-order chi connectivity index (χ0) is 23.2. The predicted octanol–water partition coefficient (Wildman–Crippen LogP) is 6.40. The van der Waals surface area contributed by atoms with Crippen molar-refractivity contribution in [1.29, 1.82) is 0 Å². The molecule has 170 valence electrons. The summed E-state index contributed by atoms with van der Waals surface area (Å²) in [7, 11) is 0. The molecule has 0 amide bonds. The highest BCUT2D eigenvalue weighted by molar-refractivity contribution is 9.10. The molecule has 0 aliphatic carbocycles. The number of aromatic amines is 1. The van der Waals surface area contributed by atoms with Gasteiger partial charge in [0.2, 0.25) is 4.77 Å². The van der Waals surface area contributed by atoms with E-state index >= 15 is 0 Å². The third kappa shape index (κ3) is 5.64. The monoisotopic (exact) mass is 524 g/mol. The fourth-order valence-electron chi connectivity index (χ4n) is 3.45. The average Bonchev–Trinajstić information content (AvgIpc) is 3.19. The normalized spacial score (nSPS) is 10.8. The molecule has 0 aliphatic heterocycles. The van der Waals surface area contributed by atoms with E-state index in [-0.39, 0.29) is 0 Å². The minimum absolute atomic E-state index is 0.469. The summed E-state index contributed by atoms with van der Waals surface area (Å²) in [5, 5.41) is 7.23. The van der Waals surface area contributed by atoms with E-state index in [2.05, 4.69) is 56.7 Å². The Morgan fingerprint density at radius 2 is 1.82 bits per heavy atom. The van der Waals surface area contributed by atoms with Crippen molar-refractivity contribution < 1.29 is 9.47 Å². The van der Waals surface area contributed by atoms with E-state index in [1.807, 2.05) is 55.5 Å². The minimum Gasteiger partial charge on any atom is -0.490 e. The molecule has 0 bridgehead atoms. The zero-order valence-corrected chi connectivity index (χ0v) is 20.9. The number of nitrogens with zero attached hydrogens (tertiary/aromatic N) is 2. The first-order valence-electron chi connectivity index (χ1n) is 10.7. The first-order chi connectivity index (χ1) is 16.0. The van der Waals surface area contributed by atoms with E-state index in [0.29, 0.717) is 36.0 Å². The summed E-state index contributed by atoms with van der Waals surface area (Å²) in [5.41, 5.74) is 7.65. The summed E-state index contributed by atoms with van der Waals surface area (Å²) in [4.78, 5) is 0. The second-order valence-electron chi connectivity index (χ2n) is 7.49. The van der Waals surface area contributed by atoms with E-state index in [9.17, 15) is 0 Å². The lowest BCUT2D eigenvalue weighted by Crippen LogP contribution is -2.16. The molecule has 0 saturated heterocycles. The summed E-state index contributed by atoms with van der Waals surface area (Å²) >= 11 is 9.11. The molecule has 0 aliphatic rings. The fraction of sp³-hybridized carbons (Fsp3) is 0.200. The van der Waals surface area contributed by atoms with Crippen LogP contribution in [0.15, 0.2) is 71.2 Å². The van der Waals surface area contributed by atoms with Crippen molar-refractivity contribution in [2.75, 3.05) is 12.0 Å². The zero-order valence-electron chi connectivity index (χ0n) is 18.5. The van der Waals surface area contributed by atoms with Gasteiger partial charge in [-0.05, 0) is 49.3 Å². The maximum Gasteiger partial charge on any atom is 0.214 e. The van der Waals surface area contributed by atoms with Crippen LogP contribution < -0.4 is 14.9 Å². The highest BCUT2D eigenvalue weighted by atomic mass is 79.9. The second-order valence-corrected chi connectivity index (χ2v) is 8.73. The van der Waals surface area contributed by atoms with E-state index in [1.165, 1.54) is 5.56 Å². The molecule has 1 heterocycles. The number of hydrogen-bond acceptors (Lipinski definition) is 5. The van der Waals surface area contributed by atoms with E-state index in [1.54, 1.807) is 4.68 Å². The lowest BCUT2D eigenvalue weighted by molar-refractivity contribution is 0.269. The fourth-order valence-corrected chi connectivity index (χ4v) is 4.10. The Morgan fingerprint density at radius 1 is 1.03 bits per heavy atom. The van der Waals surface area contributed by atoms with Gasteiger partial charge in [0.25, 0.3) is 0 Å². The SMILES string of the molecule is CCOc1cc(CNn2c(-c3ccccc3)n[nH]c2=S)c(Br)cc1OCc1cccc(C)c1. The quantitative estimate of drug-likeness (QED) is 0.248. The average molecular weight is 525 g/mol. The van der Waals surface area contributed by atoms with Crippen molar-refractivity contribution >= 4 is 28.1 Å². The van der Waals surface area contributed by atoms with Crippen LogP contribution in [0.3, 0.4) is 0 Å². The Labute approximate surface area is 206 Å². The number of ether oxygens (including phenoxy) is 2. The van der Waals surface area contributed by atoms with Crippen molar-refractivity contribution in [2.45, 2.75) is 27.0 Å². The van der Waals surface area contributed by atoms with Gasteiger partial charge in [0.1, 0.15) is 6.61 Å². The van der Waals surface area contributed by atoms with E-state index in [4.69, 9.17) is 21.7 Å². The lowest BCUT2D eigenvalue weighted by Gasteiger charge is -2.16. The topological polar surface area (TPSA) is 64.1 Å². The standard InChI is InChI=1S/C25H25BrN4O2S/c1-3-31-22-13-20(21(26)14-23(22)32-16-18-9-7-8-17(2)12-18)15-27-30-24(28-29-25(30)33)19-10-5-4-6-11-19/h4-14,27H,3,15-16H2,1-2H3,(H,29,33). The van der Waals surface area contributed by atoms with Crippen LogP contribution in [0.4, 0.5) is 0 Å². The summed E-state index contributed by atoms with van der Waals surface area (Å²) in [6, 6.07) is 22.1. The molecule has 33 heavy (non-hydrogen) atoms. The largest absolute Gasteiger partial charge is 0.490 e. The van der Waals surface area contributed by atoms with Gasteiger partial charge in [-0.25, -0.2) is 9.77 Å².